The third kappa shape index (κ3) is 5.84. The first-order chi connectivity index (χ1) is 7.91. The minimum Gasteiger partial charge on any atom is -0.312 e. The Labute approximate surface area is 106 Å². The molecule has 102 valence electrons. The number of sulfonamides is 1. The van der Waals surface area contributed by atoms with Gasteiger partial charge in [0.25, 0.3) is 0 Å². The van der Waals surface area contributed by atoms with E-state index < -0.39 is 10.0 Å². The van der Waals surface area contributed by atoms with E-state index in [4.69, 9.17) is 0 Å². The predicted octanol–water partition coefficient (Wildman–Crippen LogP) is 1.48. The summed E-state index contributed by atoms with van der Waals surface area (Å²) < 4.78 is 26.5. The van der Waals surface area contributed by atoms with Crippen LogP contribution in [0.15, 0.2) is 0 Å². The summed E-state index contributed by atoms with van der Waals surface area (Å²) in [7, 11) is -3.12. The molecule has 0 spiro atoms. The van der Waals surface area contributed by atoms with Crippen LogP contribution >= 0.6 is 0 Å². The third-order valence-corrected chi connectivity index (χ3v) is 4.79. The van der Waals surface area contributed by atoms with Gasteiger partial charge in [0.05, 0.1) is 5.75 Å². The minimum atomic E-state index is -3.12. The molecule has 1 heterocycles. The van der Waals surface area contributed by atoms with Gasteiger partial charge in [-0.2, -0.15) is 0 Å². The zero-order valence-corrected chi connectivity index (χ0v) is 12.0. The molecule has 1 fully saturated rings. The average Bonchev–Trinajstić information content (AvgIpc) is 2.27. The Morgan fingerprint density at radius 3 is 2.53 bits per heavy atom. The Hall–Kier alpha value is -0.130. The van der Waals surface area contributed by atoms with E-state index in [9.17, 15) is 8.42 Å². The highest BCUT2D eigenvalue weighted by molar-refractivity contribution is 7.89. The maximum Gasteiger partial charge on any atom is 0.211 e. The molecule has 0 aliphatic carbocycles. The van der Waals surface area contributed by atoms with Gasteiger partial charge in [-0.15, -0.1) is 0 Å². The summed E-state index contributed by atoms with van der Waals surface area (Å²) in [5, 5.41) is 3.38. The average molecular weight is 262 g/mol. The number of hydrogen-bond acceptors (Lipinski definition) is 3. The molecule has 0 aromatic carbocycles. The van der Waals surface area contributed by atoms with Crippen LogP contribution in [0.5, 0.6) is 0 Å². The van der Waals surface area contributed by atoms with Gasteiger partial charge in [0.1, 0.15) is 0 Å². The van der Waals surface area contributed by atoms with Crippen molar-refractivity contribution in [3.63, 3.8) is 0 Å². The van der Waals surface area contributed by atoms with Crippen molar-refractivity contribution in [1.82, 2.24) is 10.0 Å². The molecule has 0 saturated carbocycles. The Balaban J connectivity index is 2.40. The van der Waals surface area contributed by atoms with Crippen LogP contribution in [0.2, 0.25) is 0 Å². The van der Waals surface area contributed by atoms with Crippen LogP contribution < -0.4 is 10.0 Å². The number of piperidine rings is 1. The highest BCUT2D eigenvalue weighted by Gasteiger charge is 2.23. The summed E-state index contributed by atoms with van der Waals surface area (Å²) in [5.74, 6) is 0.663. The second-order valence-corrected chi connectivity index (χ2v) is 7.34. The number of rotatable bonds is 6. The van der Waals surface area contributed by atoms with Crippen molar-refractivity contribution >= 4 is 10.0 Å². The quantitative estimate of drug-likeness (QED) is 0.762. The zero-order chi connectivity index (χ0) is 12.9. The van der Waals surface area contributed by atoms with Gasteiger partial charge in [0.15, 0.2) is 0 Å². The maximum atomic E-state index is 11.8. The lowest BCUT2D eigenvalue weighted by molar-refractivity contribution is 0.346. The first kappa shape index (κ1) is 14.9. The van der Waals surface area contributed by atoms with E-state index in [2.05, 4.69) is 10.0 Å². The van der Waals surface area contributed by atoms with E-state index in [0.29, 0.717) is 5.92 Å². The Morgan fingerprint density at radius 2 is 2.00 bits per heavy atom. The fraction of sp³-hybridized carbons (Fsp3) is 1.00. The van der Waals surface area contributed by atoms with E-state index in [1.807, 2.05) is 20.8 Å². The van der Waals surface area contributed by atoms with Gasteiger partial charge in [-0.25, -0.2) is 13.1 Å². The SMILES string of the molecule is CC(C)CCS(=O)(=O)NC(C)C1CCCCN1. The molecule has 0 aromatic rings. The molecule has 1 saturated heterocycles. The van der Waals surface area contributed by atoms with Crippen molar-refractivity contribution in [3.05, 3.63) is 0 Å². The molecule has 0 amide bonds. The van der Waals surface area contributed by atoms with Crippen molar-refractivity contribution in [3.8, 4) is 0 Å². The molecule has 2 N–H and O–H groups in total. The highest BCUT2D eigenvalue weighted by Crippen LogP contribution is 2.11. The van der Waals surface area contributed by atoms with Crippen LogP contribution in [0.25, 0.3) is 0 Å². The third-order valence-electron chi connectivity index (χ3n) is 3.28. The van der Waals surface area contributed by atoms with E-state index in [-0.39, 0.29) is 17.8 Å². The van der Waals surface area contributed by atoms with Crippen LogP contribution in [-0.2, 0) is 10.0 Å². The predicted molar refractivity (Wildman–Crippen MR) is 71.5 cm³/mol. The summed E-state index contributed by atoms with van der Waals surface area (Å²) >= 11 is 0. The van der Waals surface area contributed by atoms with Crippen molar-refractivity contribution < 1.29 is 8.42 Å². The van der Waals surface area contributed by atoms with E-state index in [1.54, 1.807) is 0 Å². The molecule has 4 nitrogen and oxygen atoms in total. The largest absolute Gasteiger partial charge is 0.312 e. The molecular formula is C12H26N2O2S. The lowest BCUT2D eigenvalue weighted by atomic mass is 10.00. The van der Waals surface area contributed by atoms with Gasteiger partial charge < -0.3 is 5.32 Å². The summed E-state index contributed by atoms with van der Waals surface area (Å²) in [4.78, 5) is 0. The fourth-order valence-corrected chi connectivity index (χ4v) is 3.75. The molecule has 5 heteroatoms. The van der Waals surface area contributed by atoms with Crippen molar-refractivity contribution in [2.24, 2.45) is 5.92 Å². The van der Waals surface area contributed by atoms with Gasteiger partial charge >= 0.3 is 0 Å². The number of nitrogens with one attached hydrogen (secondary N) is 2. The Bertz CT molecular complexity index is 308. The summed E-state index contributed by atoms with van der Waals surface area (Å²) in [5.41, 5.74) is 0. The zero-order valence-electron chi connectivity index (χ0n) is 11.2. The van der Waals surface area contributed by atoms with Crippen molar-refractivity contribution in [2.75, 3.05) is 12.3 Å². The topological polar surface area (TPSA) is 58.2 Å². The summed E-state index contributed by atoms with van der Waals surface area (Å²) in [6, 6.07) is 0.282. The second kappa shape index (κ2) is 6.71. The summed E-state index contributed by atoms with van der Waals surface area (Å²) in [6.07, 6.45) is 4.17. The normalized spacial score (nSPS) is 23.9. The first-order valence-corrected chi connectivity index (χ1v) is 8.29. The van der Waals surface area contributed by atoms with Crippen molar-refractivity contribution in [1.29, 1.82) is 0 Å². The molecule has 0 radical (unpaired) electrons. The highest BCUT2D eigenvalue weighted by atomic mass is 32.2. The molecule has 0 bridgehead atoms. The minimum absolute atomic E-state index is 0.00698. The van der Waals surface area contributed by atoms with Crippen LogP contribution in [0.1, 0.15) is 46.5 Å². The lowest BCUT2D eigenvalue weighted by Gasteiger charge is -2.29. The van der Waals surface area contributed by atoms with E-state index >= 15 is 0 Å². The fourth-order valence-electron chi connectivity index (χ4n) is 2.12. The Morgan fingerprint density at radius 1 is 1.29 bits per heavy atom. The Kier molecular flexibility index (Phi) is 5.89. The molecule has 0 aromatic heterocycles. The second-order valence-electron chi connectivity index (χ2n) is 5.46. The monoisotopic (exact) mass is 262 g/mol. The molecule has 1 rings (SSSR count). The maximum absolute atomic E-state index is 11.8. The van der Waals surface area contributed by atoms with E-state index in [0.717, 1.165) is 19.4 Å². The van der Waals surface area contributed by atoms with Crippen LogP contribution in [-0.4, -0.2) is 32.8 Å². The molecular weight excluding hydrogens is 236 g/mol. The van der Waals surface area contributed by atoms with E-state index in [1.165, 1.54) is 12.8 Å². The van der Waals surface area contributed by atoms with Crippen LogP contribution in [0.3, 0.4) is 0 Å². The van der Waals surface area contributed by atoms with Gasteiger partial charge in [-0.3, -0.25) is 0 Å². The molecule has 2 atom stereocenters. The van der Waals surface area contributed by atoms with Gasteiger partial charge in [0, 0.05) is 12.1 Å². The van der Waals surface area contributed by atoms with Gasteiger partial charge in [-0.05, 0) is 38.6 Å². The summed E-state index contributed by atoms with van der Waals surface area (Å²) in [6.45, 7) is 7.04. The van der Waals surface area contributed by atoms with Crippen LogP contribution in [0, 0.1) is 5.92 Å². The standard InChI is InChI=1S/C12H26N2O2S/c1-10(2)7-9-17(15,16)14-11(3)12-6-4-5-8-13-12/h10-14H,4-9H2,1-3H3. The first-order valence-electron chi connectivity index (χ1n) is 6.64. The smallest absolute Gasteiger partial charge is 0.211 e. The lowest BCUT2D eigenvalue weighted by Crippen LogP contribution is -2.50. The molecule has 17 heavy (non-hydrogen) atoms. The number of hydrogen-bond donors (Lipinski definition) is 2. The van der Waals surface area contributed by atoms with Gasteiger partial charge in [-0.1, -0.05) is 20.3 Å². The van der Waals surface area contributed by atoms with Gasteiger partial charge in [0.2, 0.25) is 10.0 Å². The van der Waals surface area contributed by atoms with Crippen molar-refractivity contribution in [2.45, 2.75) is 58.5 Å². The van der Waals surface area contributed by atoms with Crippen LogP contribution in [0.4, 0.5) is 0 Å². The molecule has 2 unspecified atom stereocenters. The molecule has 1 aliphatic rings. The molecule has 1 aliphatic heterocycles.